The Morgan fingerprint density at radius 3 is 2.87 bits per heavy atom. The molecule has 0 bridgehead atoms. The fourth-order valence-electron chi connectivity index (χ4n) is 3.87. The largest absolute Gasteiger partial charge is 0.496 e. The summed E-state index contributed by atoms with van der Waals surface area (Å²) in [6.45, 7) is 6.48. The molecule has 0 amide bonds. The van der Waals surface area contributed by atoms with E-state index in [1.165, 1.54) is 0 Å². The zero-order chi connectivity index (χ0) is 21.5. The molecular weight excluding hydrogens is 408 g/mol. The van der Waals surface area contributed by atoms with E-state index < -0.39 is 10.8 Å². The molecule has 1 aliphatic rings. The number of fused-ring (bicyclic) bond motifs is 1. The van der Waals surface area contributed by atoms with Crippen LogP contribution >= 0.6 is 11.6 Å². The number of esters is 1. The molecule has 0 radical (unpaired) electrons. The van der Waals surface area contributed by atoms with Gasteiger partial charge in [-0.15, -0.1) is 10.2 Å². The fraction of sp³-hybridized carbons (Fsp3) is 0.429. The number of aryl methyl sites for hydroxylation is 1. The first-order valence-electron chi connectivity index (χ1n) is 9.78. The number of oxazole rings is 1. The van der Waals surface area contributed by atoms with Gasteiger partial charge in [0.2, 0.25) is 4.87 Å². The topological polar surface area (TPSA) is 92.3 Å². The second-order valence-electron chi connectivity index (χ2n) is 7.45. The van der Waals surface area contributed by atoms with Crippen LogP contribution in [-0.4, -0.2) is 39.4 Å². The van der Waals surface area contributed by atoms with Crippen LogP contribution in [0.5, 0.6) is 5.75 Å². The lowest BCUT2D eigenvalue weighted by Crippen LogP contribution is -2.41. The average Bonchev–Trinajstić information content (AvgIpc) is 3.34. The molecule has 0 saturated heterocycles. The van der Waals surface area contributed by atoms with Crippen molar-refractivity contribution >= 4 is 17.6 Å². The van der Waals surface area contributed by atoms with Gasteiger partial charge in [-0.2, -0.15) is 0 Å². The Morgan fingerprint density at radius 1 is 1.40 bits per heavy atom. The Kier molecular flexibility index (Phi) is 5.27. The minimum Gasteiger partial charge on any atom is -0.496 e. The number of hydrogen-bond acceptors (Lipinski definition) is 7. The van der Waals surface area contributed by atoms with Crippen molar-refractivity contribution in [1.29, 1.82) is 0 Å². The van der Waals surface area contributed by atoms with Gasteiger partial charge in [0.05, 0.1) is 25.5 Å². The smallest absolute Gasteiger partial charge is 0.335 e. The van der Waals surface area contributed by atoms with Gasteiger partial charge in [-0.1, -0.05) is 24.6 Å². The predicted molar refractivity (Wildman–Crippen MR) is 110 cm³/mol. The fourth-order valence-corrected chi connectivity index (χ4v) is 4.33. The van der Waals surface area contributed by atoms with E-state index in [2.05, 4.69) is 15.2 Å². The molecule has 0 fully saturated rings. The maximum Gasteiger partial charge on any atom is 0.335 e. The van der Waals surface area contributed by atoms with Gasteiger partial charge < -0.3 is 18.5 Å². The Balaban J connectivity index is 1.78. The summed E-state index contributed by atoms with van der Waals surface area (Å²) in [4.78, 5) is 15.4. The molecule has 0 saturated carbocycles. The molecule has 3 aromatic rings. The summed E-state index contributed by atoms with van der Waals surface area (Å²) >= 11 is 6.75. The zero-order valence-corrected chi connectivity index (χ0v) is 18.1. The standard InChI is InChI=1S/C21H23ClN4O4/c1-5-29-20(27)21(22)9-12(2)11-26-18(24-25-19(21)26)14-6-7-15(16(8-14)28-4)17-10-23-13(3)30-17/h6-8,10,12H,5,9,11H2,1-4H3. The van der Waals surface area contributed by atoms with Gasteiger partial charge in [-0.05, 0) is 31.4 Å². The Morgan fingerprint density at radius 2 is 2.20 bits per heavy atom. The summed E-state index contributed by atoms with van der Waals surface area (Å²) < 4.78 is 18.3. The molecule has 2 unspecified atom stereocenters. The molecule has 0 N–H and O–H groups in total. The van der Waals surface area contributed by atoms with E-state index in [0.717, 1.165) is 11.1 Å². The van der Waals surface area contributed by atoms with Crippen LogP contribution < -0.4 is 4.74 Å². The molecule has 1 aromatic carbocycles. The SMILES string of the molecule is CCOC(=O)C1(Cl)CC(C)Cn2c(-c3ccc(-c4cnc(C)o4)c(OC)c3)nnc21. The minimum atomic E-state index is -1.35. The van der Waals surface area contributed by atoms with Crippen molar-refractivity contribution in [2.75, 3.05) is 13.7 Å². The molecule has 0 aliphatic carbocycles. The van der Waals surface area contributed by atoms with E-state index in [9.17, 15) is 4.79 Å². The number of halogens is 1. The zero-order valence-electron chi connectivity index (χ0n) is 17.3. The van der Waals surface area contributed by atoms with Crippen molar-refractivity contribution in [2.45, 2.75) is 38.6 Å². The van der Waals surface area contributed by atoms with Crippen LogP contribution in [0.3, 0.4) is 0 Å². The van der Waals surface area contributed by atoms with Gasteiger partial charge in [0.1, 0.15) is 5.75 Å². The van der Waals surface area contributed by atoms with Crippen molar-refractivity contribution in [1.82, 2.24) is 19.7 Å². The number of alkyl halides is 1. The van der Waals surface area contributed by atoms with Gasteiger partial charge in [-0.3, -0.25) is 0 Å². The summed E-state index contributed by atoms with van der Waals surface area (Å²) in [5.41, 5.74) is 1.58. The first kappa shape index (κ1) is 20.4. The third kappa shape index (κ3) is 3.35. The molecular formula is C21H23ClN4O4. The predicted octanol–water partition coefficient (Wildman–Crippen LogP) is 3.95. The second-order valence-corrected chi connectivity index (χ2v) is 8.09. The number of ether oxygens (including phenoxy) is 2. The number of nitrogens with zero attached hydrogens (tertiary/aromatic N) is 4. The minimum absolute atomic E-state index is 0.146. The first-order valence-corrected chi connectivity index (χ1v) is 10.2. The lowest BCUT2D eigenvalue weighted by atomic mass is 9.90. The van der Waals surface area contributed by atoms with E-state index in [1.54, 1.807) is 27.2 Å². The molecule has 3 heterocycles. The van der Waals surface area contributed by atoms with Crippen molar-refractivity contribution in [3.05, 3.63) is 36.1 Å². The van der Waals surface area contributed by atoms with Crippen LogP contribution in [-0.2, 0) is 21.0 Å². The summed E-state index contributed by atoms with van der Waals surface area (Å²) in [6, 6.07) is 5.66. The summed E-state index contributed by atoms with van der Waals surface area (Å²) in [5, 5.41) is 8.63. The lowest BCUT2D eigenvalue weighted by Gasteiger charge is -2.33. The van der Waals surface area contributed by atoms with Crippen LogP contribution in [0, 0.1) is 12.8 Å². The number of benzene rings is 1. The van der Waals surface area contributed by atoms with Gasteiger partial charge in [-0.25, -0.2) is 9.78 Å². The molecule has 9 heteroatoms. The molecule has 30 heavy (non-hydrogen) atoms. The molecule has 0 spiro atoms. The maximum absolute atomic E-state index is 12.6. The summed E-state index contributed by atoms with van der Waals surface area (Å²) in [6.07, 6.45) is 2.10. The van der Waals surface area contributed by atoms with E-state index in [0.29, 0.717) is 42.0 Å². The number of aromatic nitrogens is 4. The Hall–Kier alpha value is -2.87. The second kappa shape index (κ2) is 7.75. The van der Waals surface area contributed by atoms with Gasteiger partial charge >= 0.3 is 5.97 Å². The van der Waals surface area contributed by atoms with Gasteiger partial charge in [0.25, 0.3) is 0 Å². The van der Waals surface area contributed by atoms with Crippen LogP contribution in [0.4, 0.5) is 0 Å². The van der Waals surface area contributed by atoms with Crippen molar-refractivity contribution in [3.63, 3.8) is 0 Å². The van der Waals surface area contributed by atoms with E-state index >= 15 is 0 Å². The number of rotatable bonds is 5. The average molecular weight is 431 g/mol. The maximum atomic E-state index is 12.6. The van der Waals surface area contributed by atoms with Crippen LogP contribution in [0.15, 0.2) is 28.8 Å². The van der Waals surface area contributed by atoms with E-state index in [4.69, 9.17) is 25.5 Å². The van der Waals surface area contributed by atoms with Gasteiger partial charge in [0, 0.05) is 19.0 Å². The third-order valence-corrected chi connectivity index (χ3v) is 5.65. The Bertz CT molecular complexity index is 1090. The number of carbonyl (C=O) groups excluding carboxylic acids is 1. The number of hydrogen-bond donors (Lipinski definition) is 0. The van der Waals surface area contributed by atoms with E-state index in [1.807, 2.05) is 29.7 Å². The highest BCUT2D eigenvalue weighted by atomic mass is 35.5. The molecule has 2 aromatic heterocycles. The van der Waals surface area contributed by atoms with Gasteiger partial charge in [0.15, 0.2) is 23.3 Å². The summed E-state index contributed by atoms with van der Waals surface area (Å²) in [5.74, 6) is 2.49. The highest BCUT2D eigenvalue weighted by molar-refractivity contribution is 6.33. The molecule has 158 valence electrons. The van der Waals surface area contributed by atoms with Crippen LogP contribution in [0.25, 0.3) is 22.7 Å². The number of carbonyl (C=O) groups is 1. The quantitative estimate of drug-likeness (QED) is 0.447. The van der Waals surface area contributed by atoms with Crippen molar-refractivity contribution < 1.29 is 18.7 Å². The Labute approximate surface area is 179 Å². The molecule has 4 rings (SSSR count). The van der Waals surface area contributed by atoms with Crippen LogP contribution in [0.1, 0.15) is 32.0 Å². The van der Waals surface area contributed by atoms with E-state index in [-0.39, 0.29) is 12.5 Å². The lowest BCUT2D eigenvalue weighted by molar-refractivity contribution is -0.148. The highest BCUT2D eigenvalue weighted by Crippen LogP contribution is 2.43. The highest BCUT2D eigenvalue weighted by Gasteiger charge is 2.48. The summed E-state index contributed by atoms with van der Waals surface area (Å²) in [7, 11) is 1.59. The number of methoxy groups -OCH3 is 1. The van der Waals surface area contributed by atoms with Crippen LogP contribution in [0.2, 0.25) is 0 Å². The monoisotopic (exact) mass is 430 g/mol. The van der Waals surface area contributed by atoms with Crippen molar-refractivity contribution in [3.8, 4) is 28.5 Å². The molecule has 1 aliphatic heterocycles. The third-order valence-electron chi connectivity index (χ3n) is 5.17. The normalized spacial score (nSPS) is 20.6. The molecule has 8 nitrogen and oxygen atoms in total. The van der Waals surface area contributed by atoms with Crippen molar-refractivity contribution in [2.24, 2.45) is 5.92 Å². The first-order chi connectivity index (χ1) is 14.4. The molecule has 2 atom stereocenters.